The molecule has 246 valence electrons. The minimum Gasteiger partial charge on any atom is -0.310 e. The summed E-state index contributed by atoms with van der Waals surface area (Å²) in [6.07, 6.45) is 0. The molecule has 1 aliphatic rings. The first-order valence-corrected chi connectivity index (χ1v) is 18.2. The van der Waals surface area contributed by atoms with Crippen LogP contribution < -0.4 is 4.90 Å². The molecule has 9 aromatic rings. The van der Waals surface area contributed by atoms with Gasteiger partial charge in [-0.2, -0.15) is 0 Å². The van der Waals surface area contributed by atoms with Crippen LogP contribution in [-0.2, 0) is 5.41 Å². The maximum absolute atomic E-state index is 2.45. The molecule has 1 heteroatoms. The van der Waals surface area contributed by atoms with E-state index in [4.69, 9.17) is 0 Å². The summed E-state index contributed by atoms with van der Waals surface area (Å²) in [5.74, 6) is 0. The van der Waals surface area contributed by atoms with Gasteiger partial charge in [0.15, 0.2) is 0 Å². The molecule has 9 aromatic carbocycles. The highest BCUT2D eigenvalue weighted by molar-refractivity contribution is 6.21. The molecule has 0 fully saturated rings. The van der Waals surface area contributed by atoms with Crippen molar-refractivity contribution >= 4 is 49.4 Å². The van der Waals surface area contributed by atoms with E-state index in [1.54, 1.807) is 0 Å². The van der Waals surface area contributed by atoms with Gasteiger partial charge >= 0.3 is 0 Å². The largest absolute Gasteiger partial charge is 0.310 e. The van der Waals surface area contributed by atoms with Crippen molar-refractivity contribution in [1.82, 2.24) is 0 Å². The zero-order valence-corrected chi connectivity index (χ0v) is 29.3. The van der Waals surface area contributed by atoms with Crippen LogP contribution in [-0.4, -0.2) is 0 Å². The predicted octanol–water partition coefficient (Wildman–Crippen LogP) is 14.3. The monoisotopic (exact) mass is 663 g/mol. The van der Waals surface area contributed by atoms with Gasteiger partial charge in [-0.3, -0.25) is 0 Å². The van der Waals surface area contributed by atoms with Crippen LogP contribution in [0.3, 0.4) is 0 Å². The minimum atomic E-state index is -0.0874. The van der Waals surface area contributed by atoms with Gasteiger partial charge in [-0.1, -0.05) is 166 Å². The zero-order valence-electron chi connectivity index (χ0n) is 29.3. The molecule has 0 heterocycles. The molecule has 0 unspecified atom stereocenters. The van der Waals surface area contributed by atoms with Crippen molar-refractivity contribution in [2.45, 2.75) is 19.3 Å². The SMILES string of the molecule is CC1(C)c2ccccc2-c2c(N(c3ccc(-c4ccccc4)cc3)c3ccc(-c4cc5c6ccccc6ccc5c5ccccc45)cc3)cccc21. The lowest BCUT2D eigenvalue weighted by Gasteiger charge is -2.29. The summed E-state index contributed by atoms with van der Waals surface area (Å²) in [7, 11) is 0. The van der Waals surface area contributed by atoms with Gasteiger partial charge < -0.3 is 4.90 Å². The van der Waals surface area contributed by atoms with E-state index in [1.165, 1.54) is 82.5 Å². The second-order valence-corrected chi connectivity index (χ2v) is 14.5. The Hall–Kier alpha value is -6.44. The molecule has 1 nitrogen and oxygen atoms in total. The molecule has 0 aliphatic heterocycles. The van der Waals surface area contributed by atoms with Gasteiger partial charge in [0.1, 0.15) is 0 Å². The molecule has 0 aromatic heterocycles. The molecule has 10 rings (SSSR count). The van der Waals surface area contributed by atoms with Gasteiger partial charge in [-0.25, -0.2) is 0 Å². The maximum atomic E-state index is 2.45. The quantitative estimate of drug-likeness (QED) is 0.166. The first-order chi connectivity index (χ1) is 25.6. The van der Waals surface area contributed by atoms with Crippen LogP contribution in [0.5, 0.6) is 0 Å². The van der Waals surface area contributed by atoms with Gasteiger partial charge in [0.25, 0.3) is 0 Å². The molecule has 0 N–H and O–H groups in total. The Kier molecular flexibility index (Phi) is 6.91. The summed E-state index contributed by atoms with van der Waals surface area (Å²) in [6, 6.07) is 69.1. The van der Waals surface area contributed by atoms with Gasteiger partial charge in [-0.15, -0.1) is 0 Å². The van der Waals surface area contributed by atoms with Crippen LogP contribution in [0.4, 0.5) is 17.1 Å². The second-order valence-electron chi connectivity index (χ2n) is 14.5. The second kappa shape index (κ2) is 11.8. The van der Waals surface area contributed by atoms with Gasteiger partial charge in [0.2, 0.25) is 0 Å². The molecule has 0 saturated heterocycles. The third-order valence-electron chi connectivity index (χ3n) is 11.3. The number of anilines is 3. The van der Waals surface area contributed by atoms with E-state index in [0.29, 0.717) is 0 Å². The summed E-state index contributed by atoms with van der Waals surface area (Å²) in [4.78, 5) is 2.45. The Bertz CT molecular complexity index is 2790. The van der Waals surface area contributed by atoms with Crippen molar-refractivity contribution in [2.75, 3.05) is 4.90 Å². The standard InChI is InChI=1S/C51H37N/c1-51(2)47-20-11-10-19-44(47)50-48(51)21-12-22-49(50)52(38-28-23-35(24-29-38)34-13-4-3-5-14-34)39-30-25-37(26-31-39)45-33-46-40-16-7-6-15-36(40)27-32-43(46)41-17-8-9-18-42(41)45/h3-33H,1-2H3. The molecule has 0 amide bonds. The van der Waals surface area contributed by atoms with Crippen LogP contribution in [0.2, 0.25) is 0 Å². The smallest absolute Gasteiger partial charge is 0.0543 e. The van der Waals surface area contributed by atoms with Crippen molar-refractivity contribution in [3.63, 3.8) is 0 Å². The van der Waals surface area contributed by atoms with Crippen LogP contribution in [0.15, 0.2) is 188 Å². The topological polar surface area (TPSA) is 3.24 Å². The molecule has 0 bridgehead atoms. The lowest BCUT2D eigenvalue weighted by Crippen LogP contribution is -2.16. The van der Waals surface area contributed by atoms with Crippen molar-refractivity contribution < 1.29 is 0 Å². The Morgan fingerprint density at radius 1 is 0.365 bits per heavy atom. The Balaban J connectivity index is 1.16. The molecule has 0 spiro atoms. The summed E-state index contributed by atoms with van der Waals surface area (Å²) >= 11 is 0. The average molecular weight is 664 g/mol. The Morgan fingerprint density at radius 2 is 0.942 bits per heavy atom. The normalized spacial score (nSPS) is 13.0. The molecule has 52 heavy (non-hydrogen) atoms. The molecular formula is C51H37N. The van der Waals surface area contributed by atoms with E-state index < -0.39 is 0 Å². The fraction of sp³-hybridized carbons (Fsp3) is 0.0588. The van der Waals surface area contributed by atoms with E-state index in [-0.39, 0.29) is 5.41 Å². The number of fused-ring (bicyclic) bond motifs is 8. The van der Waals surface area contributed by atoms with E-state index in [9.17, 15) is 0 Å². The first-order valence-electron chi connectivity index (χ1n) is 18.2. The van der Waals surface area contributed by atoms with Crippen molar-refractivity contribution in [2.24, 2.45) is 0 Å². The predicted molar refractivity (Wildman–Crippen MR) is 222 cm³/mol. The minimum absolute atomic E-state index is 0.0874. The van der Waals surface area contributed by atoms with Crippen LogP contribution in [0.1, 0.15) is 25.0 Å². The Morgan fingerprint density at radius 3 is 1.71 bits per heavy atom. The summed E-state index contributed by atoms with van der Waals surface area (Å²) in [5, 5.41) is 7.69. The summed E-state index contributed by atoms with van der Waals surface area (Å²) < 4.78 is 0. The molecule has 0 atom stereocenters. The van der Waals surface area contributed by atoms with E-state index in [0.717, 1.165) is 11.4 Å². The average Bonchev–Trinajstić information content (AvgIpc) is 3.45. The Labute approximate surface area is 305 Å². The lowest BCUT2D eigenvalue weighted by molar-refractivity contribution is 0.660. The highest BCUT2D eigenvalue weighted by Crippen LogP contribution is 2.54. The molecule has 1 aliphatic carbocycles. The van der Waals surface area contributed by atoms with E-state index in [2.05, 4.69) is 207 Å². The third kappa shape index (κ3) is 4.70. The number of rotatable bonds is 5. The van der Waals surface area contributed by atoms with E-state index >= 15 is 0 Å². The first kappa shape index (κ1) is 30.4. The van der Waals surface area contributed by atoms with Gasteiger partial charge in [0.05, 0.1) is 5.69 Å². The van der Waals surface area contributed by atoms with Crippen molar-refractivity contribution in [1.29, 1.82) is 0 Å². The fourth-order valence-electron chi connectivity index (χ4n) is 8.67. The van der Waals surface area contributed by atoms with Crippen LogP contribution >= 0.6 is 0 Å². The van der Waals surface area contributed by atoms with Gasteiger partial charge in [0, 0.05) is 22.4 Å². The van der Waals surface area contributed by atoms with E-state index in [1.807, 2.05) is 0 Å². The van der Waals surface area contributed by atoms with Gasteiger partial charge in [-0.05, 0) is 108 Å². The maximum Gasteiger partial charge on any atom is 0.0543 e. The van der Waals surface area contributed by atoms with Crippen molar-refractivity contribution in [3.05, 3.63) is 199 Å². The summed E-state index contributed by atoms with van der Waals surface area (Å²) in [5.41, 5.74) is 13.6. The van der Waals surface area contributed by atoms with Crippen molar-refractivity contribution in [3.8, 4) is 33.4 Å². The van der Waals surface area contributed by atoms with Crippen LogP contribution in [0.25, 0.3) is 65.7 Å². The highest BCUT2D eigenvalue weighted by Gasteiger charge is 2.37. The highest BCUT2D eigenvalue weighted by atomic mass is 15.1. The molecule has 0 saturated carbocycles. The fourth-order valence-corrected chi connectivity index (χ4v) is 8.67. The number of hydrogen-bond acceptors (Lipinski definition) is 1. The number of benzene rings is 9. The third-order valence-corrected chi connectivity index (χ3v) is 11.3. The zero-order chi connectivity index (χ0) is 34.8. The molecular weight excluding hydrogens is 627 g/mol. The van der Waals surface area contributed by atoms with Crippen LogP contribution in [0, 0.1) is 0 Å². The summed E-state index contributed by atoms with van der Waals surface area (Å²) in [6.45, 7) is 4.71. The molecule has 0 radical (unpaired) electrons. The number of hydrogen-bond donors (Lipinski definition) is 0. The lowest BCUT2D eigenvalue weighted by atomic mass is 9.82. The number of nitrogens with zero attached hydrogens (tertiary/aromatic N) is 1.